The zero-order valence-corrected chi connectivity index (χ0v) is 12.5. The van der Waals surface area contributed by atoms with Crippen molar-refractivity contribution in [1.82, 2.24) is 4.72 Å². The lowest BCUT2D eigenvalue weighted by molar-refractivity contribution is -0.137. The molecular formula is C14H20FNO4S. The van der Waals surface area contributed by atoms with Gasteiger partial charge in [-0.05, 0) is 37.1 Å². The van der Waals surface area contributed by atoms with Gasteiger partial charge < -0.3 is 5.11 Å². The van der Waals surface area contributed by atoms with E-state index in [-0.39, 0.29) is 11.3 Å². The Balaban J connectivity index is 2.20. The van der Waals surface area contributed by atoms with Crippen LogP contribution in [0.1, 0.15) is 38.5 Å². The Morgan fingerprint density at radius 2 is 1.62 bits per heavy atom. The van der Waals surface area contributed by atoms with Gasteiger partial charge in [0, 0.05) is 13.0 Å². The molecule has 7 heteroatoms. The third kappa shape index (κ3) is 7.19. The normalized spacial score (nSPS) is 11.5. The number of carboxylic acids is 1. The quantitative estimate of drug-likeness (QED) is 0.650. The minimum absolute atomic E-state index is 0.0466. The van der Waals surface area contributed by atoms with Crippen molar-refractivity contribution in [1.29, 1.82) is 0 Å². The molecule has 0 aliphatic carbocycles. The van der Waals surface area contributed by atoms with E-state index < -0.39 is 21.8 Å². The van der Waals surface area contributed by atoms with Crippen molar-refractivity contribution in [2.45, 2.75) is 43.4 Å². The highest BCUT2D eigenvalue weighted by atomic mass is 32.2. The van der Waals surface area contributed by atoms with Crippen LogP contribution in [0, 0.1) is 5.82 Å². The number of hydrogen-bond acceptors (Lipinski definition) is 3. The van der Waals surface area contributed by atoms with Crippen LogP contribution in [0.3, 0.4) is 0 Å². The second-order valence-corrected chi connectivity index (χ2v) is 6.53. The molecule has 0 saturated carbocycles. The summed E-state index contributed by atoms with van der Waals surface area (Å²) in [5, 5.41) is 8.47. The summed E-state index contributed by atoms with van der Waals surface area (Å²) < 4.78 is 38.9. The fraction of sp³-hybridized carbons (Fsp3) is 0.500. The Morgan fingerprint density at radius 3 is 2.24 bits per heavy atom. The maximum absolute atomic E-state index is 12.7. The van der Waals surface area contributed by atoms with Crippen LogP contribution >= 0.6 is 0 Å². The van der Waals surface area contributed by atoms with Crippen molar-refractivity contribution in [2.75, 3.05) is 6.54 Å². The van der Waals surface area contributed by atoms with Crippen LogP contribution in [-0.4, -0.2) is 26.0 Å². The zero-order chi connectivity index (χ0) is 15.7. The molecule has 118 valence electrons. The van der Waals surface area contributed by atoms with Crippen molar-refractivity contribution < 1.29 is 22.7 Å². The van der Waals surface area contributed by atoms with Crippen LogP contribution in [0.4, 0.5) is 4.39 Å². The lowest BCUT2D eigenvalue weighted by Crippen LogP contribution is -2.24. The molecule has 0 heterocycles. The molecule has 0 saturated heterocycles. The smallest absolute Gasteiger partial charge is 0.303 e. The molecule has 0 aliphatic rings. The Morgan fingerprint density at radius 1 is 1.05 bits per heavy atom. The van der Waals surface area contributed by atoms with Crippen LogP contribution < -0.4 is 4.72 Å². The molecule has 1 aromatic rings. The molecule has 0 aromatic heterocycles. The second-order valence-electron chi connectivity index (χ2n) is 4.76. The van der Waals surface area contributed by atoms with Gasteiger partial charge >= 0.3 is 5.97 Å². The number of hydrogen-bond donors (Lipinski definition) is 2. The van der Waals surface area contributed by atoms with Gasteiger partial charge in [0.25, 0.3) is 0 Å². The van der Waals surface area contributed by atoms with Crippen LogP contribution in [0.25, 0.3) is 0 Å². The summed E-state index contributed by atoms with van der Waals surface area (Å²) in [5.74, 6) is -1.27. The lowest BCUT2D eigenvalue weighted by atomic mass is 10.1. The fourth-order valence-corrected chi connectivity index (χ4v) is 2.91. The summed E-state index contributed by atoms with van der Waals surface area (Å²) in [5.41, 5.74) is 0. The van der Waals surface area contributed by atoms with Crippen LogP contribution in [0.5, 0.6) is 0 Å². The average Bonchev–Trinajstić information content (AvgIpc) is 2.42. The van der Waals surface area contributed by atoms with Crippen molar-refractivity contribution in [3.05, 3.63) is 30.1 Å². The van der Waals surface area contributed by atoms with Gasteiger partial charge in [-0.25, -0.2) is 17.5 Å². The molecular weight excluding hydrogens is 297 g/mol. The molecule has 0 spiro atoms. The van der Waals surface area contributed by atoms with Crippen LogP contribution in [0.2, 0.25) is 0 Å². The van der Waals surface area contributed by atoms with Crippen LogP contribution in [-0.2, 0) is 14.8 Å². The number of carboxylic acid groups (broad SMARTS) is 1. The van der Waals surface area contributed by atoms with Crippen molar-refractivity contribution >= 4 is 16.0 Å². The summed E-state index contributed by atoms with van der Waals surface area (Å²) in [4.78, 5) is 10.3. The third-order valence-electron chi connectivity index (χ3n) is 2.98. The van der Waals surface area contributed by atoms with E-state index in [0.717, 1.165) is 31.4 Å². The van der Waals surface area contributed by atoms with Gasteiger partial charge in [0.2, 0.25) is 10.0 Å². The van der Waals surface area contributed by atoms with Crippen molar-refractivity contribution in [2.24, 2.45) is 0 Å². The predicted molar refractivity (Wildman–Crippen MR) is 76.9 cm³/mol. The largest absolute Gasteiger partial charge is 0.481 e. The summed E-state index contributed by atoms with van der Waals surface area (Å²) in [7, 11) is -3.58. The van der Waals surface area contributed by atoms with E-state index in [2.05, 4.69) is 4.72 Å². The first-order chi connectivity index (χ1) is 9.92. The monoisotopic (exact) mass is 317 g/mol. The van der Waals surface area contributed by atoms with Gasteiger partial charge in [-0.15, -0.1) is 0 Å². The van der Waals surface area contributed by atoms with Gasteiger partial charge in [-0.1, -0.05) is 19.3 Å². The number of nitrogens with one attached hydrogen (secondary N) is 1. The highest BCUT2D eigenvalue weighted by Gasteiger charge is 2.12. The van der Waals surface area contributed by atoms with E-state index in [1.807, 2.05) is 0 Å². The van der Waals surface area contributed by atoms with E-state index in [1.54, 1.807) is 0 Å². The van der Waals surface area contributed by atoms with E-state index in [1.165, 1.54) is 12.1 Å². The van der Waals surface area contributed by atoms with Crippen molar-refractivity contribution in [3.63, 3.8) is 0 Å². The molecule has 0 unspecified atom stereocenters. The Labute approximate surface area is 124 Å². The molecule has 1 aromatic carbocycles. The predicted octanol–water partition coefficient (Wildman–Crippen LogP) is 2.53. The molecule has 1 rings (SSSR count). The molecule has 0 aliphatic heterocycles. The number of carbonyl (C=O) groups is 1. The standard InChI is InChI=1S/C14H20FNO4S/c15-12-7-9-13(10-8-12)21(19,20)16-11-5-3-1-2-4-6-14(17)18/h7-10,16H,1-6,11H2,(H,17,18). The number of rotatable bonds is 10. The molecule has 0 radical (unpaired) electrons. The van der Waals surface area contributed by atoms with E-state index in [4.69, 9.17) is 5.11 Å². The highest BCUT2D eigenvalue weighted by molar-refractivity contribution is 7.89. The second kappa shape index (κ2) is 8.74. The van der Waals surface area contributed by atoms with Gasteiger partial charge in [-0.2, -0.15) is 0 Å². The number of benzene rings is 1. The van der Waals surface area contributed by atoms with Gasteiger partial charge in [0.15, 0.2) is 0 Å². The Hall–Kier alpha value is -1.47. The number of halogens is 1. The Bertz CT molecular complexity index is 543. The molecule has 0 fully saturated rings. The van der Waals surface area contributed by atoms with Crippen molar-refractivity contribution in [3.8, 4) is 0 Å². The molecule has 0 atom stereocenters. The minimum Gasteiger partial charge on any atom is -0.481 e. The number of sulfonamides is 1. The van der Waals surface area contributed by atoms with E-state index in [0.29, 0.717) is 19.4 Å². The first-order valence-electron chi connectivity index (χ1n) is 6.89. The summed E-state index contributed by atoms with van der Waals surface area (Å²) in [6.45, 7) is 0.318. The highest BCUT2D eigenvalue weighted by Crippen LogP contribution is 2.10. The topological polar surface area (TPSA) is 83.5 Å². The SMILES string of the molecule is O=C(O)CCCCCCCNS(=O)(=O)c1ccc(F)cc1. The first-order valence-corrected chi connectivity index (χ1v) is 8.37. The maximum Gasteiger partial charge on any atom is 0.303 e. The molecule has 0 amide bonds. The number of aliphatic carboxylic acids is 1. The molecule has 21 heavy (non-hydrogen) atoms. The van der Waals surface area contributed by atoms with Gasteiger partial charge in [0.1, 0.15) is 5.82 Å². The Kier molecular flexibility index (Phi) is 7.31. The molecule has 0 bridgehead atoms. The fourth-order valence-electron chi connectivity index (χ4n) is 1.84. The average molecular weight is 317 g/mol. The third-order valence-corrected chi connectivity index (χ3v) is 4.46. The zero-order valence-electron chi connectivity index (χ0n) is 11.7. The van der Waals surface area contributed by atoms with E-state index >= 15 is 0 Å². The summed E-state index contributed by atoms with van der Waals surface area (Å²) in [6, 6.07) is 4.67. The lowest BCUT2D eigenvalue weighted by Gasteiger charge is -2.06. The van der Waals surface area contributed by atoms with Gasteiger partial charge in [-0.3, -0.25) is 4.79 Å². The minimum atomic E-state index is -3.58. The van der Waals surface area contributed by atoms with Gasteiger partial charge in [0.05, 0.1) is 4.90 Å². The van der Waals surface area contributed by atoms with E-state index in [9.17, 15) is 17.6 Å². The maximum atomic E-state index is 12.7. The summed E-state index contributed by atoms with van der Waals surface area (Å²) >= 11 is 0. The number of unbranched alkanes of at least 4 members (excludes halogenated alkanes) is 4. The molecule has 5 nitrogen and oxygen atoms in total. The van der Waals surface area contributed by atoms with Crippen LogP contribution in [0.15, 0.2) is 29.2 Å². The molecule has 2 N–H and O–H groups in total. The first kappa shape index (κ1) is 17.6. The summed E-state index contributed by atoms with van der Waals surface area (Å²) in [6.07, 6.45) is 4.06.